The normalized spacial score (nSPS) is 21.2. The molecule has 21 heavy (non-hydrogen) atoms. The van der Waals surface area contributed by atoms with E-state index in [1.165, 1.54) is 6.07 Å². The number of carbonyl (C=O) groups is 1. The number of hydrogen-bond donors (Lipinski definition) is 1. The van der Waals surface area contributed by atoms with Gasteiger partial charge in [0.15, 0.2) is 6.10 Å². The molecule has 1 aromatic carbocycles. The molecule has 116 valence electrons. The van der Waals surface area contributed by atoms with Gasteiger partial charge in [-0.15, -0.1) is 0 Å². The topological polar surface area (TPSA) is 59.0 Å². The monoisotopic (exact) mass is 301 g/mol. The molecule has 1 N–H and O–H groups in total. The van der Waals surface area contributed by atoms with E-state index in [9.17, 15) is 13.6 Å². The fourth-order valence-corrected chi connectivity index (χ4v) is 2.33. The third-order valence-corrected chi connectivity index (χ3v) is 3.49. The summed E-state index contributed by atoms with van der Waals surface area (Å²) in [5.74, 6) is -0.904. The van der Waals surface area contributed by atoms with Gasteiger partial charge in [0.05, 0.1) is 6.61 Å². The molecule has 0 saturated carbocycles. The third-order valence-electron chi connectivity index (χ3n) is 3.49. The average molecular weight is 301 g/mol. The molecule has 0 amide bonds. The number of hydrogen-bond acceptors (Lipinski definition) is 4. The second kappa shape index (κ2) is 6.82. The number of halogens is 2. The first kappa shape index (κ1) is 15.7. The van der Waals surface area contributed by atoms with Crippen molar-refractivity contribution < 1.29 is 28.2 Å². The summed E-state index contributed by atoms with van der Waals surface area (Å²) in [7, 11) is 0. The molecule has 0 bridgehead atoms. The van der Waals surface area contributed by atoms with Crippen LogP contribution in [0.2, 0.25) is 0 Å². The second-order valence-electron chi connectivity index (χ2n) is 4.82. The van der Waals surface area contributed by atoms with E-state index in [-0.39, 0.29) is 18.3 Å². The van der Waals surface area contributed by atoms with Crippen molar-refractivity contribution in [3.8, 4) is 5.75 Å². The molecule has 1 heterocycles. The Kier molecular flexibility index (Phi) is 5.08. The molecule has 1 aliphatic rings. The van der Waals surface area contributed by atoms with E-state index in [1.54, 1.807) is 18.2 Å². The van der Waals surface area contributed by atoms with E-state index in [1.807, 2.05) is 11.8 Å². The van der Waals surface area contributed by atoms with E-state index in [0.717, 1.165) is 5.56 Å². The van der Waals surface area contributed by atoms with Crippen LogP contribution in [0.5, 0.6) is 5.75 Å². The van der Waals surface area contributed by atoms with Gasteiger partial charge in [-0.05, 0) is 24.6 Å². The van der Waals surface area contributed by atoms with Crippen LogP contribution < -0.4 is 4.74 Å². The Morgan fingerprint density at radius 2 is 2.29 bits per heavy atom. The summed E-state index contributed by atoms with van der Waals surface area (Å²) < 4.78 is 34.0. The van der Waals surface area contributed by atoms with Gasteiger partial charge >= 0.3 is 12.6 Å². The van der Waals surface area contributed by atoms with Crippen molar-refractivity contribution in [2.45, 2.75) is 25.7 Å². The van der Waals surface area contributed by atoms with Crippen LogP contribution >= 0.6 is 0 Å². The molecule has 0 spiro atoms. The quantitative estimate of drug-likeness (QED) is 0.903. The first-order chi connectivity index (χ1) is 9.97. The first-order valence-corrected chi connectivity index (χ1v) is 6.60. The van der Waals surface area contributed by atoms with Crippen LogP contribution in [0.4, 0.5) is 8.78 Å². The minimum atomic E-state index is -2.87. The maximum absolute atomic E-state index is 12.2. The highest BCUT2D eigenvalue weighted by molar-refractivity contribution is 5.72. The lowest BCUT2D eigenvalue weighted by molar-refractivity contribution is -0.157. The summed E-state index contributed by atoms with van der Waals surface area (Å²) in [6.45, 7) is 0.206. The molecule has 1 aliphatic heterocycles. The smallest absolute Gasteiger partial charge is 0.387 e. The van der Waals surface area contributed by atoms with Gasteiger partial charge in [0.1, 0.15) is 5.75 Å². The molecule has 2 atom stereocenters. The number of carboxylic acid groups (broad SMARTS) is 1. The van der Waals surface area contributed by atoms with Crippen LogP contribution in [-0.2, 0) is 9.53 Å². The van der Waals surface area contributed by atoms with Crippen LogP contribution in [0.25, 0.3) is 0 Å². The van der Waals surface area contributed by atoms with E-state index in [2.05, 4.69) is 4.74 Å². The van der Waals surface area contributed by atoms with Crippen molar-refractivity contribution in [2.24, 2.45) is 0 Å². The lowest BCUT2D eigenvalue weighted by Crippen LogP contribution is -2.46. The predicted octanol–water partition coefficient (Wildman–Crippen LogP) is 2.13. The molecule has 1 saturated heterocycles. The van der Waals surface area contributed by atoms with E-state index < -0.39 is 18.7 Å². The highest BCUT2D eigenvalue weighted by Gasteiger charge is 2.29. The Balaban J connectivity index is 2.08. The maximum atomic E-state index is 12.2. The molecular weight excluding hydrogens is 284 g/mol. The van der Waals surface area contributed by atoms with Crippen molar-refractivity contribution >= 4 is 5.97 Å². The molecular formula is C14H17F2NO4. The molecule has 7 heteroatoms. The standard InChI is InChI=1S/C14H17F2NO4/c1-9(17-5-6-20-12(8-17)13(18)19)10-3-2-4-11(7-10)21-14(15)16/h2-4,7,9,12,14H,5-6,8H2,1H3,(H,18,19). The number of carboxylic acids is 1. The Hall–Kier alpha value is -1.73. The summed E-state index contributed by atoms with van der Waals surface area (Å²) in [4.78, 5) is 12.9. The number of aliphatic carboxylic acids is 1. The number of rotatable bonds is 5. The lowest BCUT2D eigenvalue weighted by Gasteiger charge is -2.35. The van der Waals surface area contributed by atoms with Gasteiger partial charge < -0.3 is 14.6 Å². The molecule has 2 unspecified atom stereocenters. The average Bonchev–Trinajstić information content (AvgIpc) is 2.46. The van der Waals surface area contributed by atoms with Gasteiger partial charge in [-0.3, -0.25) is 4.90 Å². The summed E-state index contributed by atoms with van der Waals surface area (Å²) >= 11 is 0. The van der Waals surface area contributed by atoms with Crippen LogP contribution in [0.1, 0.15) is 18.5 Å². The molecule has 1 aromatic rings. The second-order valence-corrected chi connectivity index (χ2v) is 4.82. The molecule has 1 fully saturated rings. The molecule has 0 aromatic heterocycles. The summed E-state index contributed by atoms with van der Waals surface area (Å²) in [6.07, 6.45) is -0.860. The Morgan fingerprint density at radius 3 is 2.95 bits per heavy atom. The number of nitrogens with zero attached hydrogens (tertiary/aromatic N) is 1. The van der Waals surface area contributed by atoms with Gasteiger partial charge in [0.25, 0.3) is 0 Å². The van der Waals surface area contributed by atoms with Crippen LogP contribution in [0.15, 0.2) is 24.3 Å². The number of morpholine rings is 1. The summed E-state index contributed by atoms with van der Waals surface area (Å²) in [6, 6.07) is 6.33. The molecule has 0 radical (unpaired) electrons. The first-order valence-electron chi connectivity index (χ1n) is 6.60. The van der Waals surface area contributed by atoms with Gasteiger partial charge in [-0.2, -0.15) is 8.78 Å². The zero-order valence-electron chi connectivity index (χ0n) is 11.5. The largest absolute Gasteiger partial charge is 0.479 e. The summed E-state index contributed by atoms with van der Waals surface area (Å²) in [5.41, 5.74) is 0.791. The van der Waals surface area contributed by atoms with Crippen molar-refractivity contribution in [2.75, 3.05) is 19.7 Å². The van der Waals surface area contributed by atoms with Gasteiger partial charge in [-0.25, -0.2) is 4.79 Å². The Morgan fingerprint density at radius 1 is 1.52 bits per heavy atom. The van der Waals surface area contributed by atoms with E-state index in [4.69, 9.17) is 9.84 Å². The highest BCUT2D eigenvalue weighted by atomic mass is 19.3. The third kappa shape index (κ3) is 4.12. The number of ether oxygens (including phenoxy) is 2. The van der Waals surface area contributed by atoms with Gasteiger partial charge in [0, 0.05) is 19.1 Å². The van der Waals surface area contributed by atoms with Crippen LogP contribution in [-0.4, -0.2) is 48.4 Å². The minimum Gasteiger partial charge on any atom is -0.479 e. The van der Waals surface area contributed by atoms with E-state index in [0.29, 0.717) is 13.2 Å². The minimum absolute atomic E-state index is 0.0948. The number of alkyl halides is 2. The summed E-state index contributed by atoms with van der Waals surface area (Å²) in [5, 5.41) is 9.00. The van der Waals surface area contributed by atoms with Gasteiger partial charge in [-0.1, -0.05) is 12.1 Å². The van der Waals surface area contributed by atoms with Crippen LogP contribution in [0.3, 0.4) is 0 Å². The zero-order chi connectivity index (χ0) is 15.4. The van der Waals surface area contributed by atoms with Crippen molar-refractivity contribution in [3.05, 3.63) is 29.8 Å². The van der Waals surface area contributed by atoms with Crippen molar-refractivity contribution in [1.82, 2.24) is 4.90 Å². The van der Waals surface area contributed by atoms with Crippen molar-refractivity contribution in [3.63, 3.8) is 0 Å². The predicted molar refractivity (Wildman–Crippen MR) is 70.4 cm³/mol. The fraction of sp³-hybridized carbons (Fsp3) is 0.500. The van der Waals surface area contributed by atoms with Crippen LogP contribution in [0, 0.1) is 0 Å². The maximum Gasteiger partial charge on any atom is 0.387 e. The van der Waals surface area contributed by atoms with Gasteiger partial charge in [0.2, 0.25) is 0 Å². The molecule has 5 nitrogen and oxygen atoms in total. The highest BCUT2D eigenvalue weighted by Crippen LogP contribution is 2.26. The van der Waals surface area contributed by atoms with Crippen molar-refractivity contribution in [1.29, 1.82) is 0 Å². The zero-order valence-corrected chi connectivity index (χ0v) is 11.5. The molecule has 0 aliphatic carbocycles. The Bertz CT molecular complexity index is 498. The lowest BCUT2D eigenvalue weighted by atomic mass is 10.1. The fourth-order valence-electron chi connectivity index (χ4n) is 2.33. The molecule has 2 rings (SSSR count). The number of benzene rings is 1. The Labute approximate surface area is 121 Å². The van der Waals surface area contributed by atoms with E-state index >= 15 is 0 Å². The SMILES string of the molecule is CC(c1cccc(OC(F)F)c1)N1CCOC(C(=O)O)C1.